The minimum Gasteiger partial charge on any atom is -0.372 e. The summed E-state index contributed by atoms with van der Waals surface area (Å²) in [4.78, 5) is 0. The molecule has 0 radical (unpaired) electrons. The van der Waals surface area contributed by atoms with Crippen LogP contribution >= 0.6 is 15.2 Å². The van der Waals surface area contributed by atoms with Gasteiger partial charge in [0.2, 0.25) is 0 Å². The maximum absolute atomic E-state index is 13.6. The van der Waals surface area contributed by atoms with Gasteiger partial charge in [-0.25, -0.2) is 0 Å². The van der Waals surface area contributed by atoms with Crippen LogP contribution < -0.4 is 5.32 Å². The maximum atomic E-state index is 13.6. The van der Waals surface area contributed by atoms with Crippen molar-refractivity contribution < 1.29 is 27.2 Å². The van der Waals surface area contributed by atoms with Crippen LogP contribution in [0, 0.1) is 0 Å². The first-order valence-corrected chi connectivity index (χ1v) is 12.9. The summed E-state index contributed by atoms with van der Waals surface area (Å²) < 4.78 is 49.3. The van der Waals surface area contributed by atoms with Crippen LogP contribution in [0.2, 0.25) is 0 Å². The summed E-state index contributed by atoms with van der Waals surface area (Å²) in [5.41, 5.74) is 0.769. The van der Waals surface area contributed by atoms with E-state index in [1.165, 1.54) is 0 Å². The van der Waals surface area contributed by atoms with Crippen LogP contribution in [0.15, 0.2) is 30.3 Å². The van der Waals surface area contributed by atoms with Gasteiger partial charge >= 0.3 is 15.2 Å². The third-order valence-electron chi connectivity index (χ3n) is 4.14. The largest absolute Gasteiger partial charge is 0.372 e. The lowest BCUT2D eigenvalue weighted by molar-refractivity contribution is 0.193. The number of para-hydroxylation sites is 1. The first-order valence-electron chi connectivity index (χ1n) is 9.77. The predicted molar refractivity (Wildman–Crippen MR) is 114 cm³/mol. The van der Waals surface area contributed by atoms with Gasteiger partial charge in [-0.05, 0) is 60.1 Å². The Bertz CT molecular complexity index is 648. The maximum Gasteiger partial charge on any atom is 0.352 e. The summed E-state index contributed by atoms with van der Waals surface area (Å²) in [6, 6.07) is 9.39. The lowest BCUT2D eigenvalue weighted by Crippen LogP contribution is -2.34. The van der Waals surface area contributed by atoms with Crippen molar-refractivity contribution in [3.05, 3.63) is 30.3 Å². The molecule has 9 heteroatoms. The fourth-order valence-electron chi connectivity index (χ4n) is 2.86. The topological polar surface area (TPSA) is 83.1 Å². The van der Waals surface area contributed by atoms with E-state index in [0.717, 1.165) is 5.69 Å². The van der Waals surface area contributed by atoms with E-state index in [-0.39, 0.29) is 32.8 Å². The monoisotopic (exact) mass is 435 g/mol. The summed E-state index contributed by atoms with van der Waals surface area (Å²) in [5, 5.41) is 2.34. The molecule has 162 valence electrons. The Hall–Kier alpha value is -0.680. The molecule has 0 aliphatic rings. The summed E-state index contributed by atoms with van der Waals surface area (Å²) in [5.74, 6) is -0.723. The molecule has 0 aromatic heterocycles. The van der Waals surface area contributed by atoms with Crippen molar-refractivity contribution in [2.75, 3.05) is 31.7 Å². The highest BCUT2D eigenvalue weighted by molar-refractivity contribution is 7.56. The lowest BCUT2D eigenvalue weighted by atomic mass is 10.1. The van der Waals surface area contributed by atoms with E-state index < -0.39 is 26.1 Å². The zero-order valence-corrected chi connectivity index (χ0v) is 19.6. The minimum atomic E-state index is -3.54. The zero-order valence-electron chi connectivity index (χ0n) is 17.8. The number of hydrogen-bond donors (Lipinski definition) is 1. The quantitative estimate of drug-likeness (QED) is 0.352. The summed E-state index contributed by atoms with van der Waals surface area (Å²) in [7, 11) is -7.00. The molecule has 0 amide bonds. The van der Waals surface area contributed by atoms with Crippen LogP contribution in [-0.4, -0.2) is 37.4 Å². The summed E-state index contributed by atoms with van der Waals surface area (Å²) in [6.07, 6.45) is 0.205. The van der Waals surface area contributed by atoms with Gasteiger partial charge in [0.15, 0.2) is 0 Å². The molecular formula is C19H35NO6P2. The van der Waals surface area contributed by atoms with Crippen molar-refractivity contribution >= 4 is 20.9 Å². The van der Waals surface area contributed by atoms with E-state index in [1.54, 1.807) is 41.5 Å². The third-order valence-corrected chi connectivity index (χ3v) is 9.31. The SMILES string of the molecule is CCOP(=O)(OCC)C(CC(C)(C)P(=O)(OCC)OCC)Nc1ccccc1. The molecule has 1 rings (SSSR count). The molecule has 28 heavy (non-hydrogen) atoms. The molecule has 0 bridgehead atoms. The smallest absolute Gasteiger partial charge is 0.352 e. The van der Waals surface area contributed by atoms with Crippen molar-refractivity contribution in [3.8, 4) is 0 Å². The average Bonchev–Trinajstić information content (AvgIpc) is 2.62. The van der Waals surface area contributed by atoms with Crippen molar-refractivity contribution in [2.24, 2.45) is 0 Å². The Morgan fingerprint density at radius 3 is 1.75 bits per heavy atom. The van der Waals surface area contributed by atoms with Gasteiger partial charge in [-0.1, -0.05) is 18.2 Å². The minimum absolute atomic E-state index is 0.205. The van der Waals surface area contributed by atoms with Crippen LogP contribution in [0.4, 0.5) is 5.69 Å². The van der Waals surface area contributed by atoms with Gasteiger partial charge in [0.25, 0.3) is 0 Å². The molecule has 0 aliphatic heterocycles. The first-order chi connectivity index (χ1) is 13.2. The number of anilines is 1. The molecule has 0 aliphatic carbocycles. The van der Waals surface area contributed by atoms with E-state index in [9.17, 15) is 9.13 Å². The number of nitrogens with one attached hydrogen (secondary N) is 1. The molecule has 1 unspecified atom stereocenters. The normalized spacial score (nSPS) is 14.1. The van der Waals surface area contributed by atoms with E-state index in [4.69, 9.17) is 18.1 Å². The third kappa shape index (κ3) is 6.69. The molecular weight excluding hydrogens is 400 g/mol. The van der Waals surface area contributed by atoms with Crippen molar-refractivity contribution in [1.29, 1.82) is 0 Å². The molecule has 1 atom stereocenters. The molecule has 1 aromatic carbocycles. The lowest BCUT2D eigenvalue weighted by Gasteiger charge is -2.37. The average molecular weight is 435 g/mol. The fourth-order valence-corrected chi connectivity index (χ4v) is 7.00. The van der Waals surface area contributed by atoms with Crippen molar-refractivity contribution in [3.63, 3.8) is 0 Å². The Morgan fingerprint density at radius 2 is 1.32 bits per heavy atom. The van der Waals surface area contributed by atoms with Crippen molar-refractivity contribution in [2.45, 2.75) is 58.9 Å². The molecule has 1 aromatic rings. The predicted octanol–water partition coefficient (Wildman–Crippen LogP) is 6.13. The van der Waals surface area contributed by atoms with E-state index >= 15 is 0 Å². The second-order valence-corrected chi connectivity index (χ2v) is 11.7. The zero-order chi connectivity index (χ0) is 21.3. The molecule has 0 saturated carbocycles. The van der Waals surface area contributed by atoms with E-state index in [0.29, 0.717) is 0 Å². The molecule has 1 N–H and O–H groups in total. The van der Waals surface area contributed by atoms with E-state index in [1.807, 2.05) is 30.3 Å². The van der Waals surface area contributed by atoms with Crippen LogP contribution in [-0.2, 0) is 27.2 Å². The summed E-state index contributed by atoms with van der Waals surface area (Å²) >= 11 is 0. The van der Waals surface area contributed by atoms with Gasteiger partial charge in [-0.15, -0.1) is 0 Å². The van der Waals surface area contributed by atoms with Gasteiger partial charge in [-0.2, -0.15) is 0 Å². The molecule has 0 saturated heterocycles. The van der Waals surface area contributed by atoms with E-state index in [2.05, 4.69) is 5.32 Å². The number of benzene rings is 1. The highest BCUT2D eigenvalue weighted by Gasteiger charge is 2.49. The Labute approximate surface area is 169 Å². The van der Waals surface area contributed by atoms with Gasteiger partial charge in [0, 0.05) is 5.69 Å². The van der Waals surface area contributed by atoms with Gasteiger partial charge in [-0.3, -0.25) is 9.13 Å². The van der Waals surface area contributed by atoms with Crippen LogP contribution in [0.25, 0.3) is 0 Å². The molecule has 0 heterocycles. The summed E-state index contributed by atoms with van der Waals surface area (Å²) in [6.45, 7) is 11.6. The van der Waals surface area contributed by atoms with Crippen LogP contribution in [0.3, 0.4) is 0 Å². The standard InChI is InChI=1S/C19H35NO6P2/c1-7-23-27(21,24-8-2)18(20-17-14-12-11-13-15-17)16-19(5,6)28(22,25-9-3)26-10-4/h11-15,18,20H,7-10,16H2,1-6H3. The second kappa shape index (κ2) is 11.5. The molecule has 0 fully saturated rings. The molecule has 0 spiro atoms. The Balaban J connectivity index is 3.29. The van der Waals surface area contributed by atoms with Crippen LogP contribution in [0.5, 0.6) is 0 Å². The van der Waals surface area contributed by atoms with Crippen LogP contribution in [0.1, 0.15) is 48.0 Å². The molecule has 7 nitrogen and oxygen atoms in total. The Morgan fingerprint density at radius 1 is 0.857 bits per heavy atom. The van der Waals surface area contributed by atoms with Gasteiger partial charge < -0.3 is 23.4 Å². The Kier molecular flexibility index (Phi) is 10.4. The number of rotatable bonds is 14. The number of hydrogen-bond acceptors (Lipinski definition) is 7. The highest BCUT2D eigenvalue weighted by Crippen LogP contribution is 2.65. The highest BCUT2D eigenvalue weighted by atomic mass is 31.2. The second-order valence-electron chi connectivity index (χ2n) is 6.75. The van der Waals surface area contributed by atoms with Crippen molar-refractivity contribution in [1.82, 2.24) is 0 Å². The first kappa shape index (κ1) is 25.4. The fraction of sp³-hybridized carbons (Fsp3) is 0.684. The van der Waals surface area contributed by atoms with Gasteiger partial charge in [0.1, 0.15) is 5.78 Å². The van der Waals surface area contributed by atoms with Gasteiger partial charge in [0.05, 0.1) is 31.6 Å².